The molecular weight excluding hydrogens is 1020 g/mol. The molecule has 11 aromatic rings. The van der Waals surface area contributed by atoms with E-state index in [0.29, 0.717) is 0 Å². The fourth-order valence-corrected chi connectivity index (χ4v) is 12.3. The molecule has 0 saturated heterocycles. The van der Waals surface area contributed by atoms with Gasteiger partial charge in [0.1, 0.15) is 10.4 Å². The van der Waals surface area contributed by atoms with Crippen molar-refractivity contribution in [2.75, 3.05) is 0 Å². The molecule has 1 atom stereocenters. The van der Waals surface area contributed by atoms with Crippen LogP contribution in [0.25, 0.3) is 81.6 Å². The number of pyridine rings is 2. The Hall–Kier alpha value is -5.70. The Morgan fingerprint density at radius 3 is 2.35 bits per heavy atom. The molecule has 0 spiro atoms. The largest absolute Gasteiger partial charge is 0 e. The molecule has 1 unspecified atom stereocenters. The van der Waals surface area contributed by atoms with Crippen LogP contribution in [0.15, 0.2) is 162 Å². The summed E-state index contributed by atoms with van der Waals surface area (Å²) in [5.74, 6) is 7.46. The van der Waals surface area contributed by atoms with Crippen LogP contribution in [-0.2, 0) is 26.5 Å². The first-order valence-electron chi connectivity index (χ1n) is 21.6. The fraction of sp³-hybridized carbons (Fsp3) is 0.130. The van der Waals surface area contributed by atoms with Crippen molar-refractivity contribution in [1.82, 2.24) is 19.5 Å². The Morgan fingerprint density at radius 1 is 0.758 bits per heavy atom. The molecule has 307 valence electrons. The summed E-state index contributed by atoms with van der Waals surface area (Å²) < 4.78 is 29.0. The molecule has 0 bridgehead atoms. The van der Waals surface area contributed by atoms with Crippen LogP contribution in [0.5, 0.6) is 0 Å². The number of furan rings is 1. The van der Waals surface area contributed by atoms with Gasteiger partial charge in [0.05, 0.1) is 22.5 Å². The number of thiophene rings is 1. The van der Waals surface area contributed by atoms with Crippen molar-refractivity contribution in [3.05, 3.63) is 187 Å². The van der Waals surface area contributed by atoms with Gasteiger partial charge in [-0.2, -0.15) is 11.3 Å². The molecule has 1 radical (unpaired) electrons. The normalized spacial score (nSPS) is 12.9. The number of benzene rings is 6. The standard InChI is InChI=1S/C31H18N3OS.C23H26GeN.Ir/c1-18-16-17-22-21-10-6-11-23(29(21)36-31(22)32-18)30-33-24-12-3-4-13-25(24)34(30)26-14-7-9-20-19-8-2-5-15-27(19)35-28(20)26;1-18(19-11-7-5-8-12-19)15-21-16-23(20-13-9-6-10-14-20)25-17-22(21)24(2,3)4;/h2-10,12-17H,1H3;5-13,16-18H,15H2,1-4H3;/q2*-1;/i;15D2;. The second-order valence-corrected chi connectivity index (χ2v) is 28.0. The van der Waals surface area contributed by atoms with Gasteiger partial charge in [0.15, 0.2) is 5.58 Å². The number of hydrogen-bond donors (Lipinski definition) is 0. The summed E-state index contributed by atoms with van der Waals surface area (Å²) in [4.78, 5) is 15.6. The Bertz CT molecular complexity index is 3470. The summed E-state index contributed by atoms with van der Waals surface area (Å²) in [6, 6.07) is 57.5. The summed E-state index contributed by atoms with van der Waals surface area (Å²) in [7, 11) is 0. The third-order valence-electron chi connectivity index (χ3n) is 11.2. The van der Waals surface area contributed by atoms with Gasteiger partial charge in [-0.1, -0.05) is 59.5 Å². The SMILES string of the molecule is Cc1ccc2c(n1)sc1c(-c3nc4ccccc4n3-c3cccc4c3oc3ccccc34)[c-]ccc12.[2H]C([2H])(c1cc(-c2[c-]cccc2)nc[c]1[Ge]([CH3])([CH3])[CH3])C(C)c1ccccc1.[Ir]. The number of nitrogens with zero attached hydrogens (tertiary/aromatic N) is 4. The van der Waals surface area contributed by atoms with E-state index in [0.717, 1.165) is 97.4 Å². The molecule has 11 rings (SSSR count). The van der Waals surface area contributed by atoms with Gasteiger partial charge in [-0.25, -0.2) is 4.98 Å². The van der Waals surface area contributed by atoms with Crippen LogP contribution < -0.4 is 4.40 Å². The van der Waals surface area contributed by atoms with Crippen molar-refractivity contribution < 1.29 is 27.3 Å². The number of imidazole rings is 1. The Morgan fingerprint density at radius 2 is 1.53 bits per heavy atom. The van der Waals surface area contributed by atoms with E-state index in [4.69, 9.17) is 17.1 Å². The van der Waals surface area contributed by atoms with Crippen LogP contribution in [0.3, 0.4) is 0 Å². The van der Waals surface area contributed by atoms with E-state index in [-0.39, 0.29) is 26.0 Å². The third-order valence-corrected chi connectivity index (χ3v) is 16.6. The van der Waals surface area contributed by atoms with Gasteiger partial charge in [-0.15, -0.1) is 18.2 Å². The summed E-state index contributed by atoms with van der Waals surface area (Å²) in [6.07, 6.45) is 0.433. The average Bonchev–Trinajstić information content (AvgIpc) is 4.00. The summed E-state index contributed by atoms with van der Waals surface area (Å²) in [5, 5.41) is 4.55. The van der Waals surface area contributed by atoms with Crippen LogP contribution >= 0.6 is 11.3 Å². The molecule has 0 amide bonds. The fourth-order valence-electron chi connectivity index (χ4n) is 8.16. The molecule has 0 saturated carbocycles. The molecule has 0 aliphatic rings. The number of para-hydroxylation sites is 4. The van der Waals surface area contributed by atoms with E-state index >= 15 is 0 Å². The Kier molecular flexibility index (Phi) is 10.9. The van der Waals surface area contributed by atoms with E-state index in [2.05, 4.69) is 106 Å². The zero-order valence-electron chi connectivity index (χ0n) is 37.0. The summed E-state index contributed by atoms with van der Waals surface area (Å²) >= 11 is -0.620. The molecule has 0 N–H and O–H groups in total. The van der Waals surface area contributed by atoms with Crippen molar-refractivity contribution >= 4 is 82.3 Å². The minimum absolute atomic E-state index is 0. The Labute approximate surface area is 385 Å². The van der Waals surface area contributed by atoms with E-state index in [9.17, 15) is 0 Å². The van der Waals surface area contributed by atoms with Gasteiger partial charge in [-0.05, 0) is 47.3 Å². The number of rotatable bonds is 7. The third kappa shape index (κ3) is 7.84. The number of aryl methyl sites for hydroxylation is 1. The zero-order chi connectivity index (χ0) is 43.5. The maximum Gasteiger partial charge on any atom is 0 e. The monoisotopic (exact) mass is 1070 g/mol. The smallest absolute Gasteiger partial charge is 0 e. The second-order valence-electron chi connectivity index (χ2n) is 16.4. The quantitative estimate of drug-likeness (QED) is 0.118. The van der Waals surface area contributed by atoms with Crippen molar-refractivity contribution in [3.63, 3.8) is 0 Å². The van der Waals surface area contributed by atoms with Gasteiger partial charge in [0.2, 0.25) is 0 Å². The van der Waals surface area contributed by atoms with E-state index in [1.54, 1.807) is 11.3 Å². The van der Waals surface area contributed by atoms with Crippen LogP contribution in [0.4, 0.5) is 0 Å². The van der Waals surface area contributed by atoms with Gasteiger partial charge in [-0.3, -0.25) is 4.98 Å². The van der Waals surface area contributed by atoms with E-state index < -0.39 is 19.6 Å². The zero-order valence-corrected chi connectivity index (χ0v) is 40.3. The minimum Gasteiger partial charge on any atom is 0 e. The molecule has 5 heterocycles. The van der Waals surface area contributed by atoms with Crippen LogP contribution in [-0.4, -0.2) is 32.8 Å². The molecule has 0 aliphatic carbocycles. The predicted molar refractivity (Wildman–Crippen MR) is 258 cm³/mol. The molecule has 5 aromatic heterocycles. The van der Waals surface area contributed by atoms with Crippen LogP contribution in [0.2, 0.25) is 17.3 Å². The van der Waals surface area contributed by atoms with Gasteiger partial charge in [0.25, 0.3) is 0 Å². The maximum absolute atomic E-state index is 9.05. The first kappa shape index (κ1) is 39.2. The minimum atomic E-state index is -2.32. The Balaban J connectivity index is 0.000000167. The molecule has 6 aromatic carbocycles. The molecule has 8 heteroatoms. The van der Waals surface area contributed by atoms with Crippen molar-refractivity contribution in [1.29, 1.82) is 0 Å². The van der Waals surface area contributed by atoms with Crippen LogP contribution in [0, 0.1) is 19.1 Å². The van der Waals surface area contributed by atoms with Gasteiger partial charge < -0.3 is 8.98 Å². The molecule has 5 nitrogen and oxygen atoms in total. The molecule has 0 fully saturated rings. The first-order valence-corrected chi connectivity index (χ1v) is 28.8. The van der Waals surface area contributed by atoms with E-state index in [1.807, 2.05) is 105 Å². The van der Waals surface area contributed by atoms with Crippen molar-refractivity contribution in [3.8, 4) is 28.3 Å². The number of fused-ring (bicyclic) bond motifs is 7. The molecule has 0 aliphatic heterocycles. The van der Waals surface area contributed by atoms with Gasteiger partial charge in [0, 0.05) is 36.6 Å². The average molecular weight is 1060 g/mol. The van der Waals surface area contributed by atoms with Crippen LogP contribution in [0.1, 0.15) is 32.4 Å². The number of hydrogen-bond acceptors (Lipinski definition) is 5. The summed E-state index contributed by atoms with van der Waals surface area (Å²) in [5.41, 5.74) is 10.1. The van der Waals surface area contributed by atoms with E-state index in [1.165, 1.54) is 5.39 Å². The second kappa shape index (κ2) is 17.2. The van der Waals surface area contributed by atoms with Crippen molar-refractivity contribution in [2.45, 2.75) is 43.4 Å². The topological polar surface area (TPSA) is 56.7 Å². The molecule has 62 heavy (non-hydrogen) atoms. The maximum atomic E-state index is 9.05. The van der Waals surface area contributed by atoms with Crippen molar-refractivity contribution in [2.24, 2.45) is 0 Å². The first-order chi connectivity index (χ1) is 30.5. The van der Waals surface area contributed by atoms with Gasteiger partial charge >= 0.3 is 157 Å². The number of aromatic nitrogens is 4. The molecular formula is C54H44GeIrN4OS-2. The predicted octanol–water partition coefficient (Wildman–Crippen LogP) is 13.9. The summed E-state index contributed by atoms with van der Waals surface area (Å²) in [6.45, 7) is 4.01.